The van der Waals surface area contributed by atoms with E-state index < -0.39 is 5.60 Å². The Kier molecular flexibility index (Phi) is 12.0. The van der Waals surface area contributed by atoms with Crippen molar-refractivity contribution in [3.05, 3.63) is 0 Å². The first-order valence-corrected chi connectivity index (χ1v) is 7.34. The van der Waals surface area contributed by atoms with Crippen LogP contribution in [0.15, 0.2) is 0 Å². The largest absolute Gasteiger partial charge is 0.460 e. The van der Waals surface area contributed by atoms with Gasteiger partial charge in [-0.05, 0) is 33.6 Å². The minimum absolute atomic E-state index is 0.155. The predicted octanol–water partition coefficient (Wildman–Crippen LogP) is 2.18. The van der Waals surface area contributed by atoms with Gasteiger partial charge in [0.25, 0.3) is 0 Å². The second kappa shape index (κ2) is 12.6. The van der Waals surface area contributed by atoms with Gasteiger partial charge in [0, 0.05) is 13.0 Å². The third kappa shape index (κ3) is 16.9. The molecular weight excluding hydrogens is 272 g/mol. The Morgan fingerprint density at radius 2 is 1.52 bits per heavy atom. The maximum Gasteiger partial charge on any atom is 0.306 e. The van der Waals surface area contributed by atoms with Crippen molar-refractivity contribution in [2.24, 2.45) is 0 Å². The highest BCUT2D eigenvalue weighted by molar-refractivity contribution is 5.69. The summed E-state index contributed by atoms with van der Waals surface area (Å²) in [7, 11) is 0. The molecule has 0 aromatic carbocycles. The van der Waals surface area contributed by atoms with E-state index >= 15 is 0 Å². The second-order valence-electron chi connectivity index (χ2n) is 5.53. The Balaban J connectivity index is 3.19. The highest BCUT2D eigenvalue weighted by atomic mass is 16.6. The predicted molar refractivity (Wildman–Crippen MR) is 81.0 cm³/mol. The van der Waals surface area contributed by atoms with E-state index in [1.165, 1.54) is 0 Å². The Labute approximate surface area is 128 Å². The Hall–Kier alpha value is -1.09. The molecule has 0 aliphatic carbocycles. The van der Waals surface area contributed by atoms with Crippen LogP contribution in [0.25, 0.3) is 0 Å². The molecule has 0 rings (SSSR count). The molecule has 0 aliphatic heterocycles. The molecule has 0 aromatic rings. The van der Waals surface area contributed by atoms with Gasteiger partial charge < -0.3 is 18.9 Å². The number of hydrogen-bond donors (Lipinski definition) is 0. The normalized spacial score (nSPS) is 11.1. The molecule has 21 heavy (non-hydrogen) atoms. The van der Waals surface area contributed by atoms with Crippen LogP contribution < -0.4 is 0 Å². The fourth-order valence-corrected chi connectivity index (χ4v) is 1.44. The summed E-state index contributed by atoms with van der Waals surface area (Å²) in [6.45, 7) is 8.64. The molecule has 0 heterocycles. The van der Waals surface area contributed by atoms with Crippen molar-refractivity contribution in [3.8, 4) is 12.3 Å². The number of carbonyl (C=O) groups is 1. The number of unbranched alkanes of at least 4 members (excludes halogenated alkanes) is 1. The minimum atomic E-state index is -0.408. The number of carbonyl (C=O) groups excluding carboxylic acids is 1. The first-order chi connectivity index (χ1) is 9.95. The van der Waals surface area contributed by atoms with Gasteiger partial charge in [-0.25, -0.2) is 0 Å². The van der Waals surface area contributed by atoms with E-state index in [0.29, 0.717) is 46.1 Å². The molecule has 0 aromatic heterocycles. The molecule has 5 heteroatoms. The molecule has 5 nitrogen and oxygen atoms in total. The van der Waals surface area contributed by atoms with Crippen molar-refractivity contribution < 1.29 is 23.7 Å². The number of esters is 1. The van der Waals surface area contributed by atoms with Gasteiger partial charge in [-0.3, -0.25) is 4.79 Å². The third-order valence-corrected chi connectivity index (χ3v) is 2.27. The van der Waals surface area contributed by atoms with Crippen LogP contribution in [0.2, 0.25) is 0 Å². The van der Waals surface area contributed by atoms with E-state index in [-0.39, 0.29) is 5.97 Å². The molecule has 0 unspecified atom stereocenters. The summed E-state index contributed by atoms with van der Waals surface area (Å²) in [4.78, 5) is 11.4. The summed E-state index contributed by atoms with van der Waals surface area (Å²) in [5.74, 6) is 2.23. The van der Waals surface area contributed by atoms with Gasteiger partial charge in [-0.15, -0.1) is 6.42 Å². The van der Waals surface area contributed by atoms with Gasteiger partial charge >= 0.3 is 5.97 Å². The van der Waals surface area contributed by atoms with Gasteiger partial charge in [-0.1, -0.05) is 5.92 Å². The molecule has 0 fully saturated rings. The smallest absolute Gasteiger partial charge is 0.306 e. The molecule has 122 valence electrons. The van der Waals surface area contributed by atoms with E-state index in [2.05, 4.69) is 5.92 Å². The zero-order chi connectivity index (χ0) is 16.0. The van der Waals surface area contributed by atoms with Crippen molar-refractivity contribution in [3.63, 3.8) is 0 Å². The Morgan fingerprint density at radius 1 is 0.952 bits per heavy atom. The zero-order valence-corrected chi connectivity index (χ0v) is 13.5. The molecule has 0 atom stereocenters. The standard InChI is InChI=1S/C16H28O5/c1-5-9-18-11-13-20-14-12-19-10-7-6-8-15(17)21-16(2,3)4/h1H,6-14H2,2-4H3. The minimum Gasteiger partial charge on any atom is -0.460 e. The van der Waals surface area contributed by atoms with Crippen molar-refractivity contribution in [2.45, 2.75) is 45.6 Å². The van der Waals surface area contributed by atoms with Gasteiger partial charge in [0.15, 0.2) is 0 Å². The van der Waals surface area contributed by atoms with Gasteiger partial charge in [-0.2, -0.15) is 0 Å². The SMILES string of the molecule is C#CCOCCOCCOCCCCC(=O)OC(C)(C)C. The molecule has 0 saturated heterocycles. The van der Waals surface area contributed by atoms with Crippen LogP contribution in [0.1, 0.15) is 40.0 Å². The summed E-state index contributed by atoms with van der Waals surface area (Å²) < 4.78 is 20.9. The first kappa shape index (κ1) is 19.9. The van der Waals surface area contributed by atoms with Gasteiger partial charge in [0.05, 0.1) is 26.4 Å². The van der Waals surface area contributed by atoms with Crippen LogP contribution in [0.5, 0.6) is 0 Å². The van der Waals surface area contributed by atoms with Crippen molar-refractivity contribution in [2.75, 3.05) is 39.6 Å². The molecule has 0 aliphatic rings. The number of hydrogen-bond acceptors (Lipinski definition) is 5. The quantitative estimate of drug-likeness (QED) is 0.314. The molecule has 0 saturated carbocycles. The average molecular weight is 300 g/mol. The fourth-order valence-electron chi connectivity index (χ4n) is 1.44. The second-order valence-corrected chi connectivity index (χ2v) is 5.53. The van der Waals surface area contributed by atoms with Gasteiger partial charge in [0.1, 0.15) is 12.2 Å². The summed E-state index contributed by atoms with van der Waals surface area (Å²) in [6, 6.07) is 0. The van der Waals surface area contributed by atoms with E-state index in [1.54, 1.807) is 0 Å². The van der Waals surface area contributed by atoms with E-state index in [4.69, 9.17) is 25.4 Å². The third-order valence-electron chi connectivity index (χ3n) is 2.27. The molecular formula is C16H28O5. The monoisotopic (exact) mass is 300 g/mol. The van der Waals surface area contributed by atoms with E-state index in [0.717, 1.165) is 12.8 Å². The first-order valence-electron chi connectivity index (χ1n) is 7.34. The lowest BCUT2D eigenvalue weighted by molar-refractivity contribution is -0.154. The van der Waals surface area contributed by atoms with Crippen LogP contribution in [0.4, 0.5) is 0 Å². The van der Waals surface area contributed by atoms with Crippen molar-refractivity contribution >= 4 is 5.97 Å². The van der Waals surface area contributed by atoms with Crippen LogP contribution in [-0.4, -0.2) is 51.2 Å². The topological polar surface area (TPSA) is 54.0 Å². The van der Waals surface area contributed by atoms with E-state index in [9.17, 15) is 4.79 Å². The average Bonchev–Trinajstić information content (AvgIpc) is 2.38. The number of ether oxygens (including phenoxy) is 4. The van der Waals surface area contributed by atoms with Gasteiger partial charge in [0.2, 0.25) is 0 Å². The highest BCUT2D eigenvalue weighted by Gasteiger charge is 2.15. The summed E-state index contributed by atoms with van der Waals surface area (Å²) in [5, 5.41) is 0. The number of rotatable bonds is 12. The zero-order valence-electron chi connectivity index (χ0n) is 13.5. The maximum atomic E-state index is 11.4. The van der Waals surface area contributed by atoms with Crippen LogP contribution in [0.3, 0.4) is 0 Å². The van der Waals surface area contributed by atoms with Crippen LogP contribution >= 0.6 is 0 Å². The van der Waals surface area contributed by atoms with Crippen molar-refractivity contribution in [1.82, 2.24) is 0 Å². The van der Waals surface area contributed by atoms with Crippen LogP contribution in [-0.2, 0) is 23.7 Å². The Morgan fingerprint density at radius 3 is 2.10 bits per heavy atom. The number of terminal acetylenes is 1. The molecule has 0 amide bonds. The van der Waals surface area contributed by atoms with Crippen molar-refractivity contribution in [1.29, 1.82) is 0 Å². The Bertz CT molecular complexity index is 301. The van der Waals surface area contributed by atoms with Crippen LogP contribution in [0, 0.1) is 12.3 Å². The maximum absolute atomic E-state index is 11.4. The molecule has 0 N–H and O–H groups in total. The fraction of sp³-hybridized carbons (Fsp3) is 0.812. The molecule has 0 bridgehead atoms. The summed E-state index contributed by atoms with van der Waals surface area (Å²) >= 11 is 0. The van der Waals surface area contributed by atoms with E-state index in [1.807, 2.05) is 20.8 Å². The molecule has 0 radical (unpaired) electrons. The summed E-state index contributed by atoms with van der Waals surface area (Å²) in [6.07, 6.45) is 7.08. The highest BCUT2D eigenvalue weighted by Crippen LogP contribution is 2.09. The lowest BCUT2D eigenvalue weighted by Gasteiger charge is -2.19. The summed E-state index contributed by atoms with van der Waals surface area (Å²) in [5.41, 5.74) is -0.408. The molecule has 0 spiro atoms. The lowest BCUT2D eigenvalue weighted by Crippen LogP contribution is -2.23. The lowest BCUT2D eigenvalue weighted by atomic mass is 10.2.